The molecule has 3 heterocycles. The molecule has 2 aromatic carbocycles. The summed E-state index contributed by atoms with van der Waals surface area (Å²) in [5.41, 5.74) is 10.8. The summed E-state index contributed by atoms with van der Waals surface area (Å²) in [6.07, 6.45) is 3.65. The van der Waals surface area contributed by atoms with Crippen LogP contribution in [0.25, 0.3) is 11.3 Å². The Labute approximate surface area is 218 Å². The van der Waals surface area contributed by atoms with E-state index in [2.05, 4.69) is 44.4 Å². The predicted molar refractivity (Wildman–Crippen MR) is 145 cm³/mol. The number of rotatable bonds is 9. The molecule has 0 amide bonds. The third-order valence-electron chi connectivity index (χ3n) is 6.92. The van der Waals surface area contributed by atoms with Crippen molar-refractivity contribution in [2.75, 3.05) is 63.6 Å². The zero-order valence-corrected chi connectivity index (χ0v) is 21.2. The summed E-state index contributed by atoms with van der Waals surface area (Å²) in [5.74, 6) is 1.24. The molecule has 0 radical (unpaired) electrons. The van der Waals surface area contributed by atoms with E-state index in [4.69, 9.17) is 25.3 Å². The van der Waals surface area contributed by atoms with Crippen LogP contribution in [0.4, 0.5) is 17.3 Å². The Kier molecular flexibility index (Phi) is 8.47. The molecule has 196 valence electrons. The third kappa shape index (κ3) is 6.95. The number of nitrogens with zero attached hydrogens (tertiary/aromatic N) is 4. The van der Waals surface area contributed by atoms with Gasteiger partial charge in [0.15, 0.2) is 0 Å². The van der Waals surface area contributed by atoms with E-state index in [0.29, 0.717) is 17.4 Å². The van der Waals surface area contributed by atoms with Crippen LogP contribution < -0.4 is 15.8 Å². The molecule has 2 aliphatic rings. The Morgan fingerprint density at radius 1 is 1.00 bits per heavy atom. The summed E-state index contributed by atoms with van der Waals surface area (Å²) in [5, 5.41) is 12.4. The van der Waals surface area contributed by atoms with E-state index in [1.54, 1.807) is 6.20 Å². The topological polar surface area (TPSA) is 109 Å². The Hall–Kier alpha value is -3.24. The van der Waals surface area contributed by atoms with Crippen molar-refractivity contribution in [3.05, 3.63) is 60.3 Å². The summed E-state index contributed by atoms with van der Waals surface area (Å²) in [7, 11) is 0. The Morgan fingerprint density at radius 2 is 1.76 bits per heavy atom. The van der Waals surface area contributed by atoms with E-state index in [0.717, 1.165) is 82.3 Å². The van der Waals surface area contributed by atoms with Crippen LogP contribution in [-0.2, 0) is 11.3 Å². The van der Waals surface area contributed by atoms with Crippen molar-refractivity contribution in [3.8, 4) is 17.0 Å². The Balaban J connectivity index is 1.18. The van der Waals surface area contributed by atoms with Crippen LogP contribution in [0.3, 0.4) is 0 Å². The van der Waals surface area contributed by atoms with Gasteiger partial charge in [-0.2, -0.15) is 0 Å². The van der Waals surface area contributed by atoms with Crippen LogP contribution in [-0.4, -0.2) is 83.5 Å². The van der Waals surface area contributed by atoms with Gasteiger partial charge in [-0.15, -0.1) is 0 Å². The molecular weight excluding hydrogens is 468 g/mol. The van der Waals surface area contributed by atoms with Gasteiger partial charge in [0.1, 0.15) is 11.9 Å². The first-order valence-corrected chi connectivity index (χ1v) is 13.0. The summed E-state index contributed by atoms with van der Waals surface area (Å²) in [6.45, 7) is 7.43. The highest BCUT2D eigenvalue weighted by molar-refractivity contribution is 5.69. The van der Waals surface area contributed by atoms with Crippen LogP contribution in [0.2, 0.25) is 0 Å². The molecule has 2 saturated heterocycles. The maximum atomic E-state index is 9.11. The predicted octanol–water partition coefficient (Wildman–Crippen LogP) is 3.14. The molecule has 9 nitrogen and oxygen atoms in total. The maximum Gasteiger partial charge on any atom is 0.227 e. The number of β-amino-alcohol motifs (C(OH)–C–C–N with tert-alkyl or cyclic N) is 1. The number of aliphatic hydroxyl groups excluding tert-OH is 1. The molecule has 3 aromatic rings. The molecule has 0 atom stereocenters. The molecule has 0 spiro atoms. The first-order chi connectivity index (χ1) is 18.2. The number of ether oxygens (including phenoxy) is 2. The number of hydrogen-bond acceptors (Lipinski definition) is 9. The second-order valence-electron chi connectivity index (χ2n) is 9.61. The molecule has 5 rings (SSSR count). The number of nitrogen functional groups attached to an aromatic ring is 1. The molecule has 0 saturated carbocycles. The lowest BCUT2D eigenvalue weighted by Gasteiger charge is -2.34. The van der Waals surface area contributed by atoms with E-state index >= 15 is 0 Å². The van der Waals surface area contributed by atoms with Gasteiger partial charge in [-0.25, -0.2) is 9.97 Å². The van der Waals surface area contributed by atoms with Gasteiger partial charge < -0.3 is 25.6 Å². The molecule has 1 aromatic heterocycles. The number of aromatic nitrogens is 2. The molecule has 4 N–H and O–H groups in total. The zero-order chi connectivity index (χ0) is 25.5. The Morgan fingerprint density at radius 3 is 2.49 bits per heavy atom. The molecule has 2 aliphatic heterocycles. The Bertz CT molecular complexity index is 1140. The van der Waals surface area contributed by atoms with Gasteiger partial charge in [-0.05, 0) is 42.0 Å². The van der Waals surface area contributed by atoms with E-state index in [1.165, 1.54) is 5.56 Å². The highest BCUT2D eigenvalue weighted by Gasteiger charge is 2.18. The van der Waals surface area contributed by atoms with Crippen LogP contribution in [0.15, 0.2) is 54.7 Å². The van der Waals surface area contributed by atoms with Gasteiger partial charge in [0.2, 0.25) is 5.95 Å². The largest absolute Gasteiger partial charge is 0.488 e. The normalized spacial score (nSPS) is 17.5. The minimum atomic E-state index is 0.144. The molecule has 9 heteroatoms. The number of aliphatic hydroxyl groups is 1. The lowest BCUT2D eigenvalue weighted by atomic mass is 10.1. The highest BCUT2D eigenvalue weighted by atomic mass is 16.5. The smallest absolute Gasteiger partial charge is 0.227 e. The van der Waals surface area contributed by atoms with Gasteiger partial charge >= 0.3 is 0 Å². The summed E-state index contributed by atoms with van der Waals surface area (Å²) in [4.78, 5) is 13.9. The average molecular weight is 505 g/mol. The van der Waals surface area contributed by atoms with Crippen molar-refractivity contribution >= 4 is 17.3 Å². The van der Waals surface area contributed by atoms with Crippen LogP contribution >= 0.6 is 0 Å². The fraction of sp³-hybridized carbons (Fsp3) is 0.429. The summed E-state index contributed by atoms with van der Waals surface area (Å²) in [6, 6.07) is 16.1. The SMILES string of the molecule is Nc1cc(-c2ccnc(Nc3ccc(CN4CCN(CCO)CC4)cc3)n2)ccc1OC1CCOCC1. The fourth-order valence-electron chi connectivity index (χ4n) is 4.76. The van der Waals surface area contributed by atoms with E-state index in [-0.39, 0.29) is 12.7 Å². The number of anilines is 3. The number of benzene rings is 2. The second-order valence-corrected chi connectivity index (χ2v) is 9.61. The zero-order valence-electron chi connectivity index (χ0n) is 21.2. The van der Waals surface area contributed by atoms with E-state index < -0.39 is 0 Å². The minimum Gasteiger partial charge on any atom is -0.488 e. The second kappa shape index (κ2) is 12.3. The maximum absolute atomic E-state index is 9.11. The third-order valence-corrected chi connectivity index (χ3v) is 6.92. The van der Waals surface area contributed by atoms with Gasteiger partial charge in [0.25, 0.3) is 0 Å². The van der Waals surface area contributed by atoms with Crippen molar-refractivity contribution in [2.24, 2.45) is 0 Å². The summed E-state index contributed by atoms with van der Waals surface area (Å²) < 4.78 is 11.5. The summed E-state index contributed by atoms with van der Waals surface area (Å²) >= 11 is 0. The van der Waals surface area contributed by atoms with Crippen molar-refractivity contribution in [1.82, 2.24) is 19.8 Å². The number of hydrogen-bond donors (Lipinski definition) is 3. The molecular formula is C28H36N6O3. The van der Waals surface area contributed by atoms with Crippen molar-refractivity contribution in [1.29, 1.82) is 0 Å². The van der Waals surface area contributed by atoms with Gasteiger partial charge in [-0.3, -0.25) is 9.80 Å². The molecule has 2 fully saturated rings. The first kappa shape index (κ1) is 25.4. The van der Waals surface area contributed by atoms with Crippen LogP contribution in [0.5, 0.6) is 5.75 Å². The monoisotopic (exact) mass is 504 g/mol. The molecule has 37 heavy (non-hydrogen) atoms. The van der Waals surface area contributed by atoms with Gasteiger partial charge in [-0.1, -0.05) is 12.1 Å². The van der Waals surface area contributed by atoms with Crippen LogP contribution in [0, 0.1) is 0 Å². The van der Waals surface area contributed by atoms with Crippen molar-refractivity contribution in [2.45, 2.75) is 25.5 Å². The lowest BCUT2D eigenvalue weighted by Crippen LogP contribution is -2.46. The quantitative estimate of drug-likeness (QED) is 0.379. The number of piperazine rings is 1. The fourth-order valence-corrected chi connectivity index (χ4v) is 4.76. The number of nitrogens with two attached hydrogens (primary N) is 1. The molecule has 0 unspecified atom stereocenters. The van der Waals surface area contributed by atoms with E-state index in [1.807, 2.05) is 24.3 Å². The molecule has 0 bridgehead atoms. The molecule has 0 aliphatic carbocycles. The first-order valence-electron chi connectivity index (χ1n) is 13.0. The van der Waals surface area contributed by atoms with Crippen molar-refractivity contribution < 1.29 is 14.6 Å². The van der Waals surface area contributed by atoms with E-state index in [9.17, 15) is 0 Å². The van der Waals surface area contributed by atoms with Crippen molar-refractivity contribution in [3.63, 3.8) is 0 Å². The van der Waals surface area contributed by atoms with Gasteiger partial charge in [0, 0.05) is 69.6 Å². The van der Waals surface area contributed by atoms with Gasteiger partial charge in [0.05, 0.1) is 31.2 Å². The number of nitrogens with one attached hydrogen (secondary N) is 1. The highest BCUT2D eigenvalue weighted by Crippen LogP contribution is 2.30. The lowest BCUT2D eigenvalue weighted by molar-refractivity contribution is 0.0259. The average Bonchev–Trinajstić information content (AvgIpc) is 2.93. The minimum absolute atomic E-state index is 0.144. The standard InChI is InChI=1S/C28H36N6O3/c29-25-19-22(3-6-27(25)37-24-8-17-36-18-9-24)26-7-10-30-28(32-26)31-23-4-1-21(2-5-23)20-34-13-11-33(12-14-34)15-16-35/h1-7,10,19,24,35H,8-9,11-18,20,29H2,(H,30,31,32). The van der Waals surface area contributed by atoms with Crippen LogP contribution in [0.1, 0.15) is 18.4 Å².